The Morgan fingerprint density at radius 1 is 1.42 bits per heavy atom. The van der Waals surface area contributed by atoms with Gasteiger partial charge >= 0.3 is 0 Å². The lowest BCUT2D eigenvalue weighted by Crippen LogP contribution is -2.15. The van der Waals surface area contributed by atoms with Gasteiger partial charge in [-0.2, -0.15) is 0 Å². The van der Waals surface area contributed by atoms with Crippen molar-refractivity contribution in [2.75, 3.05) is 6.26 Å². The lowest BCUT2D eigenvalue weighted by molar-refractivity contribution is 0.318. The van der Waals surface area contributed by atoms with Crippen LogP contribution < -0.4 is 5.73 Å². The molecule has 9 heteroatoms. The van der Waals surface area contributed by atoms with Gasteiger partial charge in [-0.15, -0.1) is 10.2 Å². The fourth-order valence-corrected chi connectivity index (χ4v) is 4.57. The number of thioether (sulfide) groups is 1. The number of hydrogen-bond acceptors (Lipinski definition) is 7. The van der Waals surface area contributed by atoms with Crippen molar-refractivity contribution >= 4 is 56.6 Å². The first kappa shape index (κ1) is 14.6. The Balaban J connectivity index is 2.37. The smallest absolute Gasteiger partial charge is 0.179 e. The third-order valence-electron chi connectivity index (χ3n) is 2.10. The van der Waals surface area contributed by atoms with E-state index < -0.39 is 0 Å². The zero-order valence-electron chi connectivity index (χ0n) is 9.70. The lowest BCUT2D eigenvalue weighted by Gasteiger charge is -2.07. The van der Waals surface area contributed by atoms with Gasteiger partial charge in [0, 0.05) is 14.9 Å². The van der Waals surface area contributed by atoms with Gasteiger partial charge in [0.2, 0.25) is 0 Å². The Morgan fingerprint density at radius 2 is 2.16 bits per heavy atom. The van der Waals surface area contributed by atoms with Crippen LogP contribution in [0.4, 0.5) is 0 Å². The minimum Gasteiger partial charge on any atom is -0.409 e. The van der Waals surface area contributed by atoms with Crippen LogP contribution in [0.15, 0.2) is 41.4 Å². The molecule has 0 saturated carbocycles. The van der Waals surface area contributed by atoms with Crippen LogP contribution in [0.5, 0.6) is 0 Å². The average molecular weight is 377 g/mol. The first-order valence-corrected chi connectivity index (χ1v) is 8.62. The predicted molar refractivity (Wildman–Crippen MR) is 82.5 cm³/mol. The molecule has 0 spiro atoms. The molecule has 2 aromatic rings. The monoisotopic (exact) mass is 376 g/mol. The number of aromatic nitrogens is 2. The fourth-order valence-electron chi connectivity index (χ4n) is 1.30. The Morgan fingerprint density at radius 3 is 2.79 bits per heavy atom. The standard InChI is InChI=1S/C10H9BrN4OS3/c1-17-9-13-14-10(19-9)18-6-4-2-3-5(11)7(6)8(12)15-16/h2-4,16H,1H3,(H2,12,15). The summed E-state index contributed by atoms with van der Waals surface area (Å²) in [5, 5.41) is 20.0. The van der Waals surface area contributed by atoms with Crippen LogP contribution >= 0.6 is 50.8 Å². The molecule has 0 fully saturated rings. The van der Waals surface area contributed by atoms with E-state index in [4.69, 9.17) is 10.9 Å². The Labute approximate surface area is 130 Å². The molecule has 0 aliphatic rings. The SMILES string of the molecule is CSc1nnc(Sc2cccc(Br)c2/C(N)=N/O)s1. The van der Waals surface area contributed by atoms with Crippen molar-refractivity contribution in [3.63, 3.8) is 0 Å². The molecule has 1 heterocycles. The summed E-state index contributed by atoms with van der Waals surface area (Å²) in [5.74, 6) is 0.0598. The molecular formula is C10H9BrN4OS3. The number of rotatable bonds is 4. The van der Waals surface area contributed by atoms with Crippen LogP contribution in [0.2, 0.25) is 0 Å². The number of oxime groups is 1. The molecule has 100 valence electrons. The van der Waals surface area contributed by atoms with Gasteiger partial charge in [-0.1, -0.05) is 46.1 Å². The van der Waals surface area contributed by atoms with Crippen molar-refractivity contribution in [1.29, 1.82) is 0 Å². The minimum absolute atomic E-state index is 0.0598. The molecule has 0 aliphatic heterocycles. The van der Waals surface area contributed by atoms with Gasteiger partial charge in [0.05, 0.1) is 0 Å². The van der Waals surface area contributed by atoms with Crippen molar-refractivity contribution in [2.45, 2.75) is 13.6 Å². The molecule has 19 heavy (non-hydrogen) atoms. The van der Waals surface area contributed by atoms with Crippen LogP contribution in [0.25, 0.3) is 0 Å². The maximum Gasteiger partial charge on any atom is 0.179 e. The third kappa shape index (κ3) is 3.41. The molecule has 0 aliphatic carbocycles. The van der Waals surface area contributed by atoms with E-state index in [1.54, 1.807) is 11.8 Å². The Kier molecular flexibility index (Phi) is 5.08. The number of nitrogens with two attached hydrogens (primary N) is 1. The van der Waals surface area contributed by atoms with Gasteiger partial charge in [0.15, 0.2) is 14.5 Å². The number of nitrogens with zero attached hydrogens (tertiary/aromatic N) is 3. The van der Waals surface area contributed by atoms with E-state index >= 15 is 0 Å². The van der Waals surface area contributed by atoms with Crippen molar-refractivity contribution in [2.24, 2.45) is 10.9 Å². The van der Waals surface area contributed by atoms with E-state index in [9.17, 15) is 0 Å². The fraction of sp³-hybridized carbons (Fsp3) is 0.100. The lowest BCUT2D eigenvalue weighted by atomic mass is 10.2. The summed E-state index contributed by atoms with van der Waals surface area (Å²) < 4.78 is 2.49. The maximum atomic E-state index is 8.85. The zero-order valence-corrected chi connectivity index (χ0v) is 13.7. The summed E-state index contributed by atoms with van der Waals surface area (Å²) in [5.41, 5.74) is 6.35. The topological polar surface area (TPSA) is 84.4 Å². The highest BCUT2D eigenvalue weighted by Crippen LogP contribution is 2.36. The highest BCUT2D eigenvalue weighted by Gasteiger charge is 2.14. The minimum atomic E-state index is 0.0598. The second-order valence-corrected chi connectivity index (χ2v) is 7.41. The van der Waals surface area contributed by atoms with E-state index in [0.717, 1.165) is 18.0 Å². The summed E-state index contributed by atoms with van der Waals surface area (Å²) in [4.78, 5) is 0.855. The molecule has 0 atom stereocenters. The highest BCUT2D eigenvalue weighted by atomic mass is 79.9. The average Bonchev–Trinajstić information content (AvgIpc) is 2.86. The van der Waals surface area contributed by atoms with Crippen LogP contribution in [0, 0.1) is 0 Å². The first-order chi connectivity index (χ1) is 9.15. The van der Waals surface area contributed by atoms with Crippen LogP contribution in [-0.2, 0) is 0 Å². The molecule has 2 rings (SSSR count). The predicted octanol–water partition coefficient (Wildman–Crippen LogP) is 3.27. The van der Waals surface area contributed by atoms with E-state index in [1.807, 2.05) is 24.5 Å². The quantitative estimate of drug-likeness (QED) is 0.280. The second-order valence-electron chi connectivity index (χ2n) is 3.24. The first-order valence-electron chi connectivity index (χ1n) is 4.97. The molecular weight excluding hydrogens is 368 g/mol. The number of amidine groups is 1. The summed E-state index contributed by atoms with van der Waals surface area (Å²) in [6.45, 7) is 0. The van der Waals surface area contributed by atoms with Crippen LogP contribution in [-0.4, -0.2) is 27.5 Å². The normalized spacial score (nSPS) is 11.8. The second kappa shape index (κ2) is 6.60. The molecule has 0 saturated heterocycles. The maximum absolute atomic E-state index is 8.85. The van der Waals surface area contributed by atoms with Crippen LogP contribution in [0.1, 0.15) is 5.56 Å². The van der Waals surface area contributed by atoms with E-state index in [0.29, 0.717) is 5.56 Å². The summed E-state index contributed by atoms with van der Waals surface area (Å²) in [7, 11) is 0. The highest BCUT2D eigenvalue weighted by molar-refractivity contribution is 9.10. The molecule has 5 nitrogen and oxygen atoms in total. The van der Waals surface area contributed by atoms with Crippen molar-refractivity contribution in [3.8, 4) is 0 Å². The summed E-state index contributed by atoms with van der Waals surface area (Å²) in [6, 6.07) is 5.62. The molecule has 1 aromatic heterocycles. The van der Waals surface area contributed by atoms with E-state index in [1.165, 1.54) is 23.1 Å². The van der Waals surface area contributed by atoms with Crippen molar-refractivity contribution < 1.29 is 5.21 Å². The van der Waals surface area contributed by atoms with Gasteiger partial charge in [-0.3, -0.25) is 0 Å². The molecule has 1 aromatic carbocycles. The summed E-state index contributed by atoms with van der Waals surface area (Å²) in [6.07, 6.45) is 1.95. The molecule has 0 radical (unpaired) electrons. The summed E-state index contributed by atoms with van der Waals surface area (Å²) >= 11 is 7.90. The van der Waals surface area contributed by atoms with Crippen molar-refractivity contribution in [1.82, 2.24) is 10.2 Å². The van der Waals surface area contributed by atoms with Gasteiger partial charge in [0.25, 0.3) is 0 Å². The van der Waals surface area contributed by atoms with Gasteiger partial charge in [-0.05, 0) is 34.3 Å². The number of halogens is 1. The Hall–Kier alpha value is -0.770. The molecule has 0 amide bonds. The Bertz CT molecular complexity index is 617. The largest absolute Gasteiger partial charge is 0.409 e. The van der Waals surface area contributed by atoms with Crippen LogP contribution in [0.3, 0.4) is 0 Å². The molecule has 0 unspecified atom stereocenters. The van der Waals surface area contributed by atoms with Gasteiger partial charge < -0.3 is 10.9 Å². The zero-order chi connectivity index (χ0) is 13.8. The van der Waals surface area contributed by atoms with E-state index in [2.05, 4.69) is 31.3 Å². The van der Waals surface area contributed by atoms with Gasteiger partial charge in [0.1, 0.15) is 0 Å². The number of benzene rings is 1. The van der Waals surface area contributed by atoms with E-state index in [-0.39, 0.29) is 5.84 Å². The third-order valence-corrected chi connectivity index (χ3v) is 5.77. The van der Waals surface area contributed by atoms with Crippen molar-refractivity contribution in [3.05, 3.63) is 28.2 Å². The number of hydrogen-bond donors (Lipinski definition) is 2. The van der Waals surface area contributed by atoms with Gasteiger partial charge in [-0.25, -0.2) is 0 Å². The molecule has 3 N–H and O–H groups in total. The molecule has 0 bridgehead atoms.